The molecule has 3 aromatic carbocycles. The molecule has 1 N–H and O–H groups in total. The smallest absolute Gasteiger partial charge is 0.264 e. The van der Waals surface area contributed by atoms with Crippen LogP contribution in [0.1, 0.15) is 54.9 Å². The number of nitrogens with zero attached hydrogens (tertiary/aromatic N) is 2. The Hall–Kier alpha value is -3.85. The van der Waals surface area contributed by atoms with E-state index in [0.717, 1.165) is 52.2 Å². The molecule has 1 fully saturated rings. The summed E-state index contributed by atoms with van der Waals surface area (Å²) in [5.74, 6) is -0.418. The Bertz CT molecular complexity index is 1510. The van der Waals surface area contributed by atoms with E-state index in [1.54, 1.807) is 31.2 Å². The van der Waals surface area contributed by atoms with Crippen LogP contribution in [0.5, 0.6) is 5.75 Å². The van der Waals surface area contributed by atoms with Gasteiger partial charge in [0.1, 0.15) is 18.3 Å². The number of ether oxygens (including phenoxy) is 1. The van der Waals surface area contributed by atoms with Crippen LogP contribution in [0.3, 0.4) is 0 Å². The number of amides is 2. The fourth-order valence-electron chi connectivity index (χ4n) is 5.29. The lowest BCUT2D eigenvalue weighted by molar-refractivity contribution is -0.139. The number of carbonyl (C=O) groups excluding carboxylic acids is 2. The molecule has 0 heterocycles. The van der Waals surface area contributed by atoms with E-state index in [1.165, 1.54) is 24.1 Å². The highest BCUT2D eigenvalue weighted by molar-refractivity contribution is 7.92. The van der Waals surface area contributed by atoms with E-state index in [2.05, 4.69) is 5.32 Å². The van der Waals surface area contributed by atoms with Crippen LogP contribution in [-0.2, 0) is 26.2 Å². The van der Waals surface area contributed by atoms with Crippen molar-refractivity contribution in [1.29, 1.82) is 0 Å². The summed E-state index contributed by atoms with van der Waals surface area (Å²) in [6.45, 7) is 7.03. The van der Waals surface area contributed by atoms with Gasteiger partial charge in [-0.05, 0) is 81.5 Å². The predicted molar refractivity (Wildman–Crippen MR) is 165 cm³/mol. The fraction of sp³-hybridized carbons (Fsp3) is 0.394. The van der Waals surface area contributed by atoms with E-state index < -0.39 is 28.5 Å². The van der Waals surface area contributed by atoms with Gasteiger partial charge in [-0.1, -0.05) is 60.9 Å². The average molecular weight is 592 g/mol. The lowest BCUT2D eigenvalue weighted by atomic mass is 10.1. The number of benzene rings is 3. The molecule has 42 heavy (non-hydrogen) atoms. The molecule has 0 aromatic heterocycles. The Morgan fingerprint density at radius 1 is 0.952 bits per heavy atom. The zero-order valence-corrected chi connectivity index (χ0v) is 25.9. The molecule has 3 aromatic rings. The fourth-order valence-corrected chi connectivity index (χ4v) is 6.71. The first-order chi connectivity index (χ1) is 20.0. The number of hydrogen-bond acceptors (Lipinski definition) is 5. The van der Waals surface area contributed by atoms with Crippen LogP contribution in [-0.4, -0.2) is 50.9 Å². The van der Waals surface area contributed by atoms with Gasteiger partial charge < -0.3 is 15.0 Å². The number of rotatable bonds is 11. The van der Waals surface area contributed by atoms with Crippen LogP contribution in [0.4, 0.5) is 5.69 Å². The molecule has 8 nitrogen and oxygen atoms in total. The number of nitrogens with one attached hydrogen (secondary N) is 1. The van der Waals surface area contributed by atoms with Crippen molar-refractivity contribution in [1.82, 2.24) is 10.2 Å². The minimum absolute atomic E-state index is 0.0573. The van der Waals surface area contributed by atoms with Crippen molar-refractivity contribution < 1.29 is 22.7 Å². The SMILES string of the molecule is COc1ccc(C)cc1N(CC(=O)N(Cc1ccccc1C)[C@H](C)C(=O)NC1CCCC1)S(=O)(=O)c1ccc(C)cc1. The summed E-state index contributed by atoms with van der Waals surface area (Å²) in [7, 11) is -2.72. The number of hydrogen-bond donors (Lipinski definition) is 1. The topological polar surface area (TPSA) is 96.0 Å². The lowest BCUT2D eigenvalue weighted by Gasteiger charge is -2.33. The second kappa shape index (κ2) is 13.4. The van der Waals surface area contributed by atoms with Gasteiger partial charge in [0.15, 0.2) is 0 Å². The maximum atomic E-state index is 14.2. The number of carbonyl (C=O) groups is 2. The second-order valence-corrected chi connectivity index (χ2v) is 13.0. The molecule has 2 amide bonds. The highest BCUT2D eigenvalue weighted by atomic mass is 32.2. The Kier molecular flexibility index (Phi) is 9.93. The van der Waals surface area contributed by atoms with Crippen molar-refractivity contribution >= 4 is 27.5 Å². The minimum atomic E-state index is -4.19. The number of methoxy groups -OCH3 is 1. The first-order valence-corrected chi connectivity index (χ1v) is 15.8. The molecule has 1 aliphatic carbocycles. The molecule has 0 bridgehead atoms. The number of anilines is 1. The number of aryl methyl sites for hydroxylation is 3. The maximum absolute atomic E-state index is 14.2. The van der Waals surface area contributed by atoms with Crippen molar-refractivity contribution in [2.45, 2.75) is 76.9 Å². The predicted octanol–water partition coefficient (Wildman–Crippen LogP) is 5.29. The van der Waals surface area contributed by atoms with Crippen LogP contribution < -0.4 is 14.4 Å². The quantitative estimate of drug-likeness (QED) is 0.327. The molecule has 1 atom stereocenters. The highest BCUT2D eigenvalue weighted by Gasteiger charge is 2.34. The summed E-state index contributed by atoms with van der Waals surface area (Å²) in [5, 5.41) is 3.10. The molecule has 1 saturated carbocycles. The molecule has 0 radical (unpaired) electrons. The molecule has 0 spiro atoms. The zero-order valence-electron chi connectivity index (χ0n) is 25.1. The van der Waals surface area contributed by atoms with Crippen molar-refractivity contribution in [2.75, 3.05) is 18.0 Å². The van der Waals surface area contributed by atoms with Gasteiger partial charge in [0.25, 0.3) is 10.0 Å². The van der Waals surface area contributed by atoms with E-state index in [9.17, 15) is 18.0 Å². The van der Waals surface area contributed by atoms with Gasteiger partial charge in [0.2, 0.25) is 11.8 Å². The zero-order chi connectivity index (χ0) is 30.4. The van der Waals surface area contributed by atoms with Crippen molar-refractivity contribution in [2.24, 2.45) is 0 Å². The average Bonchev–Trinajstić information content (AvgIpc) is 3.48. The molecule has 0 unspecified atom stereocenters. The molecular weight excluding hydrogens is 550 g/mol. The maximum Gasteiger partial charge on any atom is 0.264 e. The first-order valence-electron chi connectivity index (χ1n) is 14.4. The first kappa shape index (κ1) is 31.1. The van der Waals surface area contributed by atoms with Gasteiger partial charge >= 0.3 is 0 Å². The largest absolute Gasteiger partial charge is 0.495 e. The van der Waals surface area contributed by atoms with Crippen LogP contribution in [0, 0.1) is 20.8 Å². The highest BCUT2D eigenvalue weighted by Crippen LogP contribution is 2.34. The van der Waals surface area contributed by atoms with Crippen molar-refractivity contribution in [3.63, 3.8) is 0 Å². The Morgan fingerprint density at radius 2 is 1.60 bits per heavy atom. The van der Waals surface area contributed by atoms with Crippen LogP contribution >= 0.6 is 0 Å². The third-order valence-corrected chi connectivity index (χ3v) is 9.74. The standard InChI is InChI=1S/C33H41N3O5S/c1-23-14-17-29(18-15-23)42(39,40)36(30-20-24(2)16-19-31(30)41-5)22-32(37)35(21-27-11-7-6-10-25(27)3)26(4)33(38)34-28-12-8-9-13-28/h6-7,10-11,14-20,26,28H,8-9,12-13,21-22H2,1-5H3,(H,34,38)/t26-/m1/s1. The van der Waals surface area contributed by atoms with E-state index >= 15 is 0 Å². The normalized spacial score (nSPS) is 14.3. The summed E-state index contributed by atoms with van der Waals surface area (Å²) < 4.78 is 34.9. The monoisotopic (exact) mass is 591 g/mol. The molecule has 1 aliphatic rings. The van der Waals surface area contributed by atoms with E-state index in [-0.39, 0.29) is 29.1 Å². The van der Waals surface area contributed by atoms with Gasteiger partial charge in [0.05, 0.1) is 17.7 Å². The molecule has 9 heteroatoms. The summed E-state index contributed by atoms with van der Waals surface area (Å²) in [4.78, 5) is 29.2. The van der Waals surface area contributed by atoms with E-state index in [0.29, 0.717) is 5.75 Å². The second-order valence-electron chi connectivity index (χ2n) is 11.1. The van der Waals surface area contributed by atoms with Gasteiger partial charge in [0, 0.05) is 12.6 Å². The number of sulfonamides is 1. The van der Waals surface area contributed by atoms with Gasteiger partial charge in [-0.25, -0.2) is 8.42 Å². The molecule has 224 valence electrons. The van der Waals surface area contributed by atoms with E-state index in [1.807, 2.05) is 51.1 Å². The van der Waals surface area contributed by atoms with Crippen molar-refractivity contribution in [3.05, 3.63) is 89.0 Å². The summed E-state index contributed by atoms with van der Waals surface area (Å²) in [6.07, 6.45) is 3.96. The molecule has 0 saturated heterocycles. The van der Waals surface area contributed by atoms with Crippen LogP contribution in [0.2, 0.25) is 0 Å². The Morgan fingerprint density at radius 3 is 2.24 bits per heavy atom. The van der Waals surface area contributed by atoms with Gasteiger partial charge in [-0.15, -0.1) is 0 Å². The van der Waals surface area contributed by atoms with E-state index in [4.69, 9.17) is 4.74 Å². The summed E-state index contributed by atoms with van der Waals surface area (Å²) >= 11 is 0. The van der Waals surface area contributed by atoms with Crippen LogP contribution in [0.15, 0.2) is 71.6 Å². The third-order valence-electron chi connectivity index (χ3n) is 7.96. The van der Waals surface area contributed by atoms with Gasteiger partial charge in [-0.3, -0.25) is 13.9 Å². The molecule has 0 aliphatic heterocycles. The van der Waals surface area contributed by atoms with Crippen molar-refractivity contribution in [3.8, 4) is 5.75 Å². The Balaban J connectivity index is 1.75. The Labute approximate surface area is 249 Å². The minimum Gasteiger partial charge on any atom is -0.495 e. The third kappa shape index (κ3) is 7.13. The van der Waals surface area contributed by atoms with Gasteiger partial charge in [-0.2, -0.15) is 0 Å². The van der Waals surface area contributed by atoms with Crippen LogP contribution in [0.25, 0.3) is 0 Å². The lowest BCUT2D eigenvalue weighted by Crippen LogP contribution is -2.52. The molecular formula is C33H41N3O5S. The summed E-state index contributed by atoms with van der Waals surface area (Å²) in [5.41, 5.74) is 3.83. The molecule has 4 rings (SSSR count). The summed E-state index contributed by atoms with van der Waals surface area (Å²) in [6, 6.07) is 18.7.